The minimum atomic E-state index is -0.0976. The Labute approximate surface area is 111 Å². The highest BCUT2D eigenvalue weighted by Crippen LogP contribution is 2.23. The number of hydrogen-bond donors (Lipinski definition) is 1. The monoisotopic (exact) mass is 269 g/mol. The molecule has 2 heterocycles. The molecule has 1 aliphatic heterocycles. The van der Waals surface area contributed by atoms with Crippen LogP contribution in [-0.4, -0.2) is 45.1 Å². The van der Waals surface area contributed by atoms with Crippen molar-refractivity contribution >= 4 is 17.5 Å². The van der Waals surface area contributed by atoms with Crippen molar-refractivity contribution in [2.24, 2.45) is 0 Å². The van der Waals surface area contributed by atoms with E-state index in [1.807, 2.05) is 4.90 Å². The Kier molecular flexibility index (Phi) is 4.49. The highest BCUT2D eigenvalue weighted by atomic mass is 35.5. The van der Waals surface area contributed by atoms with Gasteiger partial charge < -0.3 is 10.0 Å². The second-order valence-corrected chi connectivity index (χ2v) is 4.77. The van der Waals surface area contributed by atoms with Crippen molar-refractivity contribution in [3.05, 3.63) is 23.2 Å². The van der Waals surface area contributed by atoms with Gasteiger partial charge in [-0.05, 0) is 25.7 Å². The fourth-order valence-corrected chi connectivity index (χ4v) is 2.40. The molecule has 0 aromatic carbocycles. The molecule has 0 saturated carbocycles. The molecule has 1 N–H and O–H groups in total. The number of likely N-dealkylation sites (tertiary alicyclic amines) is 1. The lowest BCUT2D eigenvalue weighted by Crippen LogP contribution is -2.36. The average molecular weight is 270 g/mol. The van der Waals surface area contributed by atoms with Crippen LogP contribution in [0, 0.1) is 0 Å². The summed E-state index contributed by atoms with van der Waals surface area (Å²) < 4.78 is 0. The molecule has 2 rings (SSSR count). The molecule has 98 valence electrons. The first-order valence-electron chi connectivity index (χ1n) is 6.11. The van der Waals surface area contributed by atoms with Gasteiger partial charge in [0.15, 0.2) is 0 Å². The van der Waals surface area contributed by atoms with Gasteiger partial charge in [-0.1, -0.05) is 11.6 Å². The fourth-order valence-electron chi connectivity index (χ4n) is 2.30. The third kappa shape index (κ3) is 2.97. The van der Waals surface area contributed by atoms with E-state index in [2.05, 4.69) is 9.97 Å². The third-order valence-corrected chi connectivity index (χ3v) is 3.37. The molecule has 0 spiro atoms. The van der Waals surface area contributed by atoms with Gasteiger partial charge in [-0.15, -0.1) is 0 Å². The van der Waals surface area contributed by atoms with E-state index in [1.165, 1.54) is 12.4 Å². The Balaban J connectivity index is 2.05. The Morgan fingerprint density at radius 3 is 3.00 bits per heavy atom. The van der Waals surface area contributed by atoms with Gasteiger partial charge >= 0.3 is 0 Å². The Morgan fingerprint density at radius 1 is 1.50 bits per heavy atom. The van der Waals surface area contributed by atoms with Crippen LogP contribution in [0.25, 0.3) is 0 Å². The molecule has 1 aromatic rings. The number of aromatic nitrogens is 2. The number of aliphatic hydroxyl groups is 1. The van der Waals surface area contributed by atoms with Gasteiger partial charge in [-0.2, -0.15) is 0 Å². The van der Waals surface area contributed by atoms with Gasteiger partial charge in [-0.25, -0.2) is 9.97 Å². The second-order valence-electron chi connectivity index (χ2n) is 4.38. The first-order valence-corrected chi connectivity index (χ1v) is 6.49. The van der Waals surface area contributed by atoms with Gasteiger partial charge in [0, 0.05) is 19.2 Å². The van der Waals surface area contributed by atoms with Crippen molar-refractivity contribution < 1.29 is 9.90 Å². The van der Waals surface area contributed by atoms with Crippen molar-refractivity contribution in [2.45, 2.75) is 31.7 Å². The second kappa shape index (κ2) is 6.11. The van der Waals surface area contributed by atoms with Crippen molar-refractivity contribution in [1.29, 1.82) is 0 Å². The normalized spacial score (nSPS) is 19.2. The first-order chi connectivity index (χ1) is 8.72. The summed E-state index contributed by atoms with van der Waals surface area (Å²) in [5.41, 5.74) is 0.329. The molecule has 1 aliphatic rings. The molecule has 1 fully saturated rings. The summed E-state index contributed by atoms with van der Waals surface area (Å²) in [6.07, 6.45) is 6.35. The smallest absolute Gasteiger partial charge is 0.274 e. The summed E-state index contributed by atoms with van der Waals surface area (Å²) in [5, 5.41) is 9.14. The molecule has 1 unspecified atom stereocenters. The SMILES string of the molecule is O=C(c1cnc(Cl)cn1)N1CCCC1CCCO. The average Bonchev–Trinajstić information content (AvgIpc) is 2.84. The summed E-state index contributed by atoms with van der Waals surface area (Å²) in [5.74, 6) is -0.0976. The van der Waals surface area contributed by atoms with E-state index in [0.29, 0.717) is 5.69 Å². The maximum atomic E-state index is 12.2. The molecule has 6 heteroatoms. The first kappa shape index (κ1) is 13.2. The number of carbonyl (C=O) groups is 1. The maximum Gasteiger partial charge on any atom is 0.274 e. The van der Waals surface area contributed by atoms with E-state index in [-0.39, 0.29) is 23.7 Å². The number of rotatable bonds is 4. The summed E-state index contributed by atoms with van der Waals surface area (Å²) in [6.45, 7) is 0.915. The molecule has 1 saturated heterocycles. The number of nitrogens with zero attached hydrogens (tertiary/aromatic N) is 3. The van der Waals surface area contributed by atoms with Crippen molar-refractivity contribution in [1.82, 2.24) is 14.9 Å². The molecular weight excluding hydrogens is 254 g/mol. The van der Waals surface area contributed by atoms with Crippen molar-refractivity contribution in [2.75, 3.05) is 13.2 Å². The minimum Gasteiger partial charge on any atom is -0.396 e. The van der Waals surface area contributed by atoms with Crippen molar-refractivity contribution in [3.8, 4) is 0 Å². The lowest BCUT2D eigenvalue weighted by atomic mass is 10.1. The summed E-state index contributed by atoms with van der Waals surface area (Å²) in [4.78, 5) is 22.0. The summed E-state index contributed by atoms with van der Waals surface area (Å²) in [7, 11) is 0. The number of carbonyl (C=O) groups excluding carboxylic acids is 1. The van der Waals surface area contributed by atoms with Crippen LogP contribution < -0.4 is 0 Å². The quantitative estimate of drug-likeness (QED) is 0.900. The highest BCUT2D eigenvalue weighted by molar-refractivity contribution is 6.29. The molecule has 0 aliphatic carbocycles. The molecular formula is C12H16ClN3O2. The van der Waals surface area contributed by atoms with Crippen LogP contribution >= 0.6 is 11.6 Å². The maximum absolute atomic E-state index is 12.2. The molecule has 0 radical (unpaired) electrons. The van der Waals surface area contributed by atoms with Gasteiger partial charge in [0.25, 0.3) is 5.91 Å². The van der Waals surface area contributed by atoms with Gasteiger partial charge in [0.05, 0.1) is 12.4 Å². The largest absolute Gasteiger partial charge is 0.396 e. The zero-order valence-electron chi connectivity index (χ0n) is 10.0. The Morgan fingerprint density at radius 2 is 2.33 bits per heavy atom. The van der Waals surface area contributed by atoms with E-state index in [1.54, 1.807) is 0 Å². The number of halogens is 1. The Hall–Kier alpha value is -1.20. The van der Waals surface area contributed by atoms with Gasteiger partial charge in [-0.3, -0.25) is 4.79 Å². The molecule has 18 heavy (non-hydrogen) atoms. The fraction of sp³-hybridized carbons (Fsp3) is 0.583. The summed E-state index contributed by atoms with van der Waals surface area (Å²) in [6, 6.07) is 0.210. The number of aliphatic hydroxyl groups excluding tert-OH is 1. The van der Waals surface area contributed by atoms with Crippen LogP contribution in [-0.2, 0) is 0 Å². The topological polar surface area (TPSA) is 66.3 Å². The highest BCUT2D eigenvalue weighted by Gasteiger charge is 2.29. The van der Waals surface area contributed by atoms with E-state index >= 15 is 0 Å². The van der Waals surface area contributed by atoms with E-state index in [9.17, 15) is 4.79 Å². The summed E-state index contributed by atoms with van der Waals surface area (Å²) >= 11 is 5.65. The molecule has 0 bridgehead atoms. The Bertz CT molecular complexity index is 410. The van der Waals surface area contributed by atoms with E-state index < -0.39 is 0 Å². The lowest BCUT2D eigenvalue weighted by Gasteiger charge is -2.24. The van der Waals surface area contributed by atoms with E-state index in [4.69, 9.17) is 16.7 Å². The standard InChI is InChI=1S/C12H16ClN3O2/c13-11-8-14-10(7-15-11)12(18)16-5-1-3-9(16)4-2-6-17/h7-9,17H,1-6H2. The van der Waals surface area contributed by atoms with E-state index in [0.717, 1.165) is 32.2 Å². The predicted molar refractivity (Wildman–Crippen MR) is 67.4 cm³/mol. The van der Waals surface area contributed by atoms with Gasteiger partial charge in [0.1, 0.15) is 10.8 Å². The number of hydrogen-bond acceptors (Lipinski definition) is 4. The van der Waals surface area contributed by atoms with Crippen molar-refractivity contribution in [3.63, 3.8) is 0 Å². The third-order valence-electron chi connectivity index (χ3n) is 3.17. The van der Waals surface area contributed by atoms with Crippen LogP contribution in [0.4, 0.5) is 0 Å². The molecule has 1 aromatic heterocycles. The van der Waals surface area contributed by atoms with Crippen LogP contribution in [0.5, 0.6) is 0 Å². The zero-order valence-corrected chi connectivity index (χ0v) is 10.8. The number of amides is 1. The lowest BCUT2D eigenvalue weighted by molar-refractivity contribution is 0.0718. The predicted octanol–water partition coefficient (Wildman–Crippen LogP) is 1.51. The van der Waals surface area contributed by atoms with Crippen LogP contribution in [0.15, 0.2) is 12.4 Å². The van der Waals surface area contributed by atoms with Crippen LogP contribution in [0.1, 0.15) is 36.2 Å². The van der Waals surface area contributed by atoms with Crippen LogP contribution in [0.3, 0.4) is 0 Å². The zero-order chi connectivity index (χ0) is 13.0. The van der Waals surface area contributed by atoms with Gasteiger partial charge in [0.2, 0.25) is 0 Å². The molecule has 1 amide bonds. The van der Waals surface area contributed by atoms with Crippen LogP contribution in [0.2, 0.25) is 5.15 Å². The molecule has 5 nitrogen and oxygen atoms in total. The molecule has 1 atom stereocenters. The minimum absolute atomic E-state index is 0.0976.